The number of nitrogen functional groups attached to an aromatic ring is 1. The summed E-state index contributed by atoms with van der Waals surface area (Å²) in [5.41, 5.74) is 10.3. The SMILES string of the molecule is COc1ccc2c(N)c(-c3ccc(NS(C)(=O)=O)cc3)n(C)c2c1. The standard InChI is InChI=1S/C17H19N3O3S/c1-20-15-10-13(23-2)8-9-14(15)16(18)17(20)11-4-6-12(7-5-11)19-24(3,21)22/h4-10,19H,18H2,1-3H3. The normalized spacial score (nSPS) is 11.6. The highest BCUT2D eigenvalue weighted by Crippen LogP contribution is 2.37. The van der Waals surface area contributed by atoms with E-state index in [-0.39, 0.29) is 0 Å². The van der Waals surface area contributed by atoms with Crippen LogP contribution in [0.25, 0.3) is 22.2 Å². The molecule has 7 heteroatoms. The second-order valence-corrected chi connectivity index (χ2v) is 7.40. The molecule has 2 aromatic carbocycles. The number of methoxy groups -OCH3 is 1. The van der Waals surface area contributed by atoms with Gasteiger partial charge in [-0.15, -0.1) is 0 Å². The van der Waals surface area contributed by atoms with E-state index in [1.165, 1.54) is 0 Å². The average Bonchev–Trinajstić information content (AvgIpc) is 2.78. The molecule has 0 saturated heterocycles. The number of aromatic nitrogens is 1. The van der Waals surface area contributed by atoms with Gasteiger partial charge in [0.15, 0.2) is 0 Å². The van der Waals surface area contributed by atoms with E-state index in [9.17, 15) is 8.42 Å². The Balaban J connectivity index is 2.09. The fourth-order valence-electron chi connectivity index (χ4n) is 2.83. The van der Waals surface area contributed by atoms with E-state index >= 15 is 0 Å². The zero-order chi connectivity index (χ0) is 17.5. The van der Waals surface area contributed by atoms with Gasteiger partial charge in [0.25, 0.3) is 0 Å². The Morgan fingerprint density at radius 1 is 1.12 bits per heavy atom. The van der Waals surface area contributed by atoms with Crippen LogP contribution in [0.5, 0.6) is 5.75 Å². The lowest BCUT2D eigenvalue weighted by atomic mass is 10.1. The van der Waals surface area contributed by atoms with Crippen LogP contribution in [0.3, 0.4) is 0 Å². The van der Waals surface area contributed by atoms with Crippen LogP contribution in [-0.2, 0) is 17.1 Å². The van der Waals surface area contributed by atoms with Crippen molar-refractivity contribution in [3.05, 3.63) is 42.5 Å². The average molecular weight is 345 g/mol. The number of benzene rings is 2. The summed E-state index contributed by atoms with van der Waals surface area (Å²) in [5.74, 6) is 0.766. The van der Waals surface area contributed by atoms with Gasteiger partial charge in [0.2, 0.25) is 10.0 Å². The van der Waals surface area contributed by atoms with E-state index in [4.69, 9.17) is 10.5 Å². The lowest BCUT2D eigenvalue weighted by Gasteiger charge is -2.08. The van der Waals surface area contributed by atoms with Crippen LogP contribution in [0.1, 0.15) is 0 Å². The Morgan fingerprint density at radius 2 is 1.79 bits per heavy atom. The molecule has 0 fully saturated rings. The fourth-order valence-corrected chi connectivity index (χ4v) is 3.40. The maximum Gasteiger partial charge on any atom is 0.229 e. The number of sulfonamides is 1. The molecular formula is C17H19N3O3S. The van der Waals surface area contributed by atoms with Crippen LogP contribution in [0.4, 0.5) is 11.4 Å². The number of nitrogens with zero attached hydrogens (tertiary/aromatic N) is 1. The molecule has 0 aliphatic rings. The largest absolute Gasteiger partial charge is 0.497 e. The molecule has 0 spiro atoms. The minimum atomic E-state index is -3.29. The molecule has 0 bridgehead atoms. The van der Waals surface area contributed by atoms with Crippen LogP contribution in [0, 0.1) is 0 Å². The van der Waals surface area contributed by atoms with Gasteiger partial charge in [-0.2, -0.15) is 0 Å². The van der Waals surface area contributed by atoms with Gasteiger partial charge in [-0.05, 0) is 24.3 Å². The summed E-state index contributed by atoms with van der Waals surface area (Å²) in [6.07, 6.45) is 1.12. The van der Waals surface area contributed by atoms with Gasteiger partial charge in [0.05, 0.1) is 30.3 Å². The second-order valence-electron chi connectivity index (χ2n) is 5.66. The monoisotopic (exact) mass is 345 g/mol. The summed E-state index contributed by atoms with van der Waals surface area (Å²) < 4.78 is 32.3. The molecule has 126 valence electrons. The van der Waals surface area contributed by atoms with Gasteiger partial charge in [-0.25, -0.2) is 8.42 Å². The minimum Gasteiger partial charge on any atom is -0.497 e. The van der Waals surface area contributed by atoms with Crippen LogP contribution in [0.15, 0.2) is 42.5 Å². The van der Waals surface area contributed by atoms with Crippen LogP contribution < -0.4 is 15.2 Å². The highest BCUT2D eigenvalue weighted by atomic mass is 32.2. The number of aryl methyl sites for hydroxylation is 1. The van der Waals surface area contributed by atoms with Gasteiger partial charge in [0, 0.05) is 29.8 Å². The molecule has 1 heterocycles. The maximum atomic E-state index is 11.3. The molecule has 0 unspecified atom stereocenters. The van der Waals surface area contributed by atoms with Crippen molar-refractivity contribution in [2.24, 2.45) is 7.05 Å². The molecule has 0 saturated carbocycles. The molecule has 3 aromatic rings. The quantitative estimate of drug-likeness (QED) is 0.761. The van der Waals surface area contributed by atoms with Crippen molar-refractivity contribution in [2.45, 2.75) is 0 Å². The Bertz CT molecular complexity index is 1010. The third-order valence-corrected chi connectivity index (χ3v) is 4.52. The zero-order valence-corrected chi connectivity index (χ0v) is 14.5. The van der Waals surface area contributed by atoms with E-state index in [1.54, 1.807) is 19.2 Å². The molecule has 6 nitrogen and oxygen atoms in total. The Hall–Kier alpha value is -2.67. The number of hydrogen-bond acceptors (Lipinski definition) is 4. The van der Waals surface area contributed by atoms with E-state index in [1.807, 2.05) is 41.9 Å². The summed E-state index contributed by atoms with van der Waals surface area (Å²) >= 11 is 0. The maximum absolute atomic E-state index is 11.3. The molecule has 3 rings (SSSR count). The summed E-state index contributed by atoms with van der Waals surface area (Å²) in [6.45, 7) is 0. The number of hydrogen-bond donors (Lipinski definition) is 2. The topological polar surface area (TPSA) is 86.3 Å². The molecule has 24 heavy (non-hydrogen) atoms. The summed E-state index contributed by atoms with van der Waals surface area (Å²) in [7, 11) is 0.274. The second kappa shape index (κ2) is 5.76. The smallest absolute Gasteiger partial charge is 0.229 e. The molecule has 0 amide bonds. The first-order valence-electron chi connectivity index (χ1n) is 7.30. The number of nitrogens with one attached hydrogen (secondary N) is 1. The van der Waals surface area contributed by atoms with E-state index < -0.39 is 10.0 Å². The lowest BCUT2D eigenvalue weighted by molar-refractivity contribution is 0.415. The number of anilines is 2. The van der Waals surface area contributed by atoms with Gasteiger partial charge >= 0.3 is 0 Å². The van der Waals surface area contributed by atoms with Crippen molar-refractivity contribution in [3.8, 4) is 17.0 Å². The molecular weight excluding hydrogens is 326 g/mol. The molecule has 3 N–H and O–H groups in total. The third-order valence-electron chi connectivity index (χ3n) is 3.91. The van der Waals surface area contributed by atoms with Gasteiger partial charge in [0.1, 0.15) is 5.75 Å². The van der Waals surface area contributed by atoms with Crippen LogP contribution in [-0.4, -0.2) is 26.4 Å². The first-order valence-corrected chi connectivity index (χ1v) is 9.19. The molecule has 0 aliphatic heterocycles. The van der Waals surface area contributed by atoms with E-state index in [2.05, 4.69) is 4.72 Å². The minimum absolute atomic E-state index is 0.514. The first kappa shape index (κ1) is 16.2. The van der Waals surface area contributed by atoms with Crippen LogP contribution >= 0.6 is 0 Å². The fraction of sp³-hybridized carbons (Fsp3) is 0.176. The van der Waals surface area contributed by atoms with E-state index in [0.29, 0.717) is 11.4 Å². The van der Waals surface area contributed by atoms with Gasteiger partial charge in [-0.1, -0.05) is 12.1 Å². The van der Waals surface area contributed by atoms with Crippen molar-refractivity contribution in [1.82, 2.24) is 4.57 Å². The number of rotatable bonds is 4. The summed E-state index contributed by atoms with van der Waals surface area (Å²) in [6, 6.07) is 12.9. The zero-order valence-electron chi connectivity index (χ0n) is 13.7. The predicted molar refractivity (Wildman–Crippen MR) is 97.8 cm³/mol. The van der Waals surface area contributed by atoms with Crippen molar-refractivity contribution in [3.63, 3.8) is 0 Å². The highest BCUT2D eigenvalue weighted by Gasteiger charge is 2.15. The molecule has 1 aromatic heterocycles. The van der Waals surface area contributed by atoms with Crippen LogP contribution in [0.2, 0.25) is 0 Å². The van der Waals surface area contributed by atoms with Crippen molar-refractivity contribution < 1.29 is 13.2 Å². The lowest BCUT2D eigenvalue weighted by Crippen LogP contribution is -2.09. The van der Waals surface area contributed by atoms with Crippen molar-refractivity contribution in [1.29, 1.82) is 0 Å². The van der Waals surface area contributed by atoms with E-state index in [0.717, 1.165) is 34.2 Å². The van der Waals surface area contributed by atoms with Gasteiger partial charge in [-0.3, -0.25) is 4.72 Å². The molecule has 0 aliphatic carbocycles. The number of fused-ring (bicyclic) bond motifs is 1. The number of nitrogens with two attached hydrogens (primary N) is 1. The summed E-state index contributed by atoms with van der Waals surface area (Å²) in [5, 5.41) is 0.951. The number of ether oxygens (including phenoxy) is 1. The van der Waals surface area contributed by atoms with Gasteiger partial charge < -0.3 is 15.0 Å². The molecule has 0 atom stereocenters. The highest BCUT2D eigenvalue weighted by molar-refractivity contribution is 7.92. The first-order chi connectivity index (χ1) is 11.3. The van der Waals surface area contributed by atoms with Crippen molar-refractivity contribution >= 4 is 32.3 Å². The Labute approximate surface area is 140 Å². The third kappa shape index (κ3) is 2.90. The summed E-state index contributed by atoms with van der Waals surface area (Å²) in [4.78, 5) is 0. The predicted octanol–water partition coefficient (Wildman–Crippen LogP) is 2.81. The Kier molecular flexibility index (Phi) is 3.88. The van der Waals surface area contributed by atoms with Crippen molar-refractivity contribution in [2.75, 3.05) is 23.8 Å². The molecule has 0 radical (unpaired) electrons. The Morgan fingerprint density at radius 3 is 2.38 bits per heavy atom.